The van der Waals surface area contributed by atoms with Crippen molar-refractivity contribution in [2.24, 2.45) is 0 Å². The standard InChI is InChI=1S/C23H27BrN2O4/c1-29-22-12-11-21(24)20(15-25-14-13-17-5-3-2-4-6-17)23(22)30-16-18-7-9-19(10-8-18)26(27)28/h5,7-12,25H,2-4,6,13-16H2,1H3. The van der Waals surface area contributed by atoms with Gasteiger partial charge in [-0.1, -0.05) is 27.6 Å². The molecule has 0 aliphatic heterocycles. The largest absolute Gasteiger partial charge is 0.493 e. The summed E-state index contributed by atoms with van der Waals surface area (Å²) in [4.78, 5) is 10.4. The molecule has 1 aliphatic rings. The number of nitro benzene ring substituents is 1. The van der Waals surface area contributed by atoms with Crippen LogP contribution in [0.1, 0.15) is 43.2 Å². The van der Waals surface area contributed by atoms with E-state index in [0.29, 0.717) is 24.7 Å². The Kier molecular flexibility index (Phi) is 8.28. The molecule has 0 amide bonds. The summed E-state index contributed by atoms with van der Waals surface area (Å²) in [5, 5.41) is 14.3. The quantitative estimate of drug-likeness (QED) is 0.200. The highest BCUT2D eigenvalue weighted by Crippen LogP contribution is 2.37. The fourth-order valence-corrected chi connectivity index (χ4v) is 3.98. The summed E-state index contributed by atoms with van der Waals surface area (Å²) in [6.07, 6.45) is 8.48. The van der Waals surface area contributed by atoms with Crippen LogP contribution in [0.15, 0.2) is 52.5 Å². The van der Waals surface area contributed by atoms with E-state index < -0.39 is 4.92 Å². The summed E-state index contributed by atoms with van der Waals surface area (Å²) in [5.74, 6) is 1.33. The van der Waals surface area contributed by atoms with E-state index in [1.807, 2.05) is 12.1 Å². The maximum Gasteiger partial charge on any atom is 0.269 e. The Morgan fingerprint density at radius 1 is 1.17 bits per heavy atom. The van der Waals surface area contributed by atoms with E-state index in [0.717, 1.165) is 28.6 Å². The van der Waals surface area contributed by atoms with Crippen molar-refractivity contribution in [3.8, 4) is 11.5 Å². The molecule has 6 nitrogen and oxygen atoms in total. The number of hydrogen-bond acceptors (Lipinski definition) is 5. The molecule has 0 bridgehead atoms. The van der Waals surface area contributed by atoms with E-state index in [1.54, 1.807) is 24.8 Å². The Bertz CT molecular complexity index is 897. The second kappa shape index (κ2) is 11.1. The van der Waals surface area contributed by atoms with Gasteiger partial charge in [0.2, 0.25) is 0 Å². The lowest BCUT2D eigenvalue weighted by molar-refractivity contribution is -0.384. The minimum absolute atomic E-state index is 0.0664. The number of nitrogens with one attached hydrogen (secondary N) is 1. The summed E-state index contributed by atoms with van der Waals surface area (Å²) in [6, 6.07) is 10.2. The molecule has 1 N–H and O–H groups in total. The molecule has 2 aromatic rings. The molecule has 30 heavy (non-hydrogen) atoms. The Morgan fingerprint density at radius 2 is 1.97 bits per heavy atom. The summed E-state index contributed by atoms with van der Waals surface area (Å²) in [7, 11) is 1.62. The van der Waals surface area contributed by atoms with Crippen LogP contribution in [0, 0.1) is 10.1 Å². The molecule has 7 heteroatoms. The molecule has 0 atom stereocenters. The number of nitro groups is 1. The monoisotopic (exact) mass is 474 g/mol. The van der Waals surface area contributed by atoms with Gasteiger partial charge in [0.25, 0.3) is 5.69 Å². The first-order chi connectivity index (χ1) is 14.6. The fourth-order valence-electron chi connectivity index (χ4n) is 3.53. The van der Waals surface area contributed by atoms with Gasteiger partial charge in [-0.3, -0.25) is 10.1 Å². The third-order valence-corrected chi connectivity index (χ3v) is 5.97. The second-order valence-corrected chi connectivity index (χ2v) is 8.16. The van der Waals surface area contributed by atoms with Crippen molar-refractivity contribution in [1.82, 2.24) is 5.32 Å². The van der Waals surface area contributed by atoms with Gasteiger partial charge in [-0.2, -0.15) is 0 Å². The number of halogens is 1. The first-order valence-corrected chi connectivity index (χ1v) is 11.0. The Labute approximate surface area is 185 Å². The Balaban J connectivity index is 1.65. The van der Waals surface area contributed by atoms with Crippen LogP contribution in [0.5, 0.6) is 11.5 Å². The van der Waals surface area contributed by atoms with Crippen LogP contribution in [-0.4, -0.2) is 18.6 Å². The van der Waals surface area contributed by atoms with E-state index in [1.165, 1.54) is 37.8 Å². The molecule has 0 saturated carbocycles. The number of non-ortho nitro benzene ring substituents is 1. The SMILES string of the molecule is COc1ccc(Br)c(CNCCC2=CCCCC2)c1OCc1ccc([N+](=O)[O-])cc1. The number of hydrogen-bond donors (Lipinski definition) is 1. The average Bonchev–Trinajstić information content (AvgIpc) is 2.77. The minimum atomic E-state index is -0.408. The highest BCUT2D eigenvalue weighted by molar-refractivity contribution is 9.10. The summed E-state index contributed by atoms with van der Waals surface area (Å²) in [5.41, 5.74) is 3.46. The third kappa shape index (κ3) is 6.06. The van der Waals surface area contributed by atoms with Crippen LogP contribution in [0.2, 0.25) is 0 Å². The van der Waals surface area contributed by atoms with Gasteiger partial charge >= 0.3 is 0 Å². The van der Waals surface area contributed by atoms with Gasteiger partial charge < -0.3 is 14.8 Å². The molecular formula is C23H27BrN2O4. The van der Waals surface area contributed by atoms with E-state index in [4.69, 9.17) is 9.47 Å². The molecule has 0 aromatic heterocycles. The zero-order valence-electron chi connectivity index (χ0n) is 17.2. The van der Waals surface area contributed by atoms with Gasteiger partial charge in [-0.25, -0.2) is 0 Å². The number of rotatable bonds is 10. The molecule has 0 unspecified atom stereocenters. The zero-order valence-corrected chi connectivity index (χ0v) is 18.7. The van der Waals surface area contributed by atoms with Crippen LogP contribution in [0.3, 0.4) is 0 Å². The van der Waals surface area contributed by atoms with E-state index in [2.05, 4.69) is 27.3 Å². The van der Waals surface area contributed by atoms with E-state index in [-0.39, 0.29) is 5.69 Å². The first-order valence-electron chi connectivity index (χ1n) is 10.2. The first kappa shape index (κ1) is 22.3. The predicted molar refractivity (Wildman–Crippen MR) is 121 cm³/mol. The molecule has 1 aliphatic carbocycles. The number of allylic oxidation sites excluding steroid dienone is 1. The molecule has 160 valence electrons. The smallest absolute Gasteiger partial charge is 0.269 e. The number of methoxy groups -OCH3 is 1. The topological polar surface area (TPSA) is 73.6 Å². The molecule has 0 radical (unpaired) electrons. The highest BCUT2D eigenvalue weighted by Gasteiger charge is 2.15. The number of nitrogens with zero attached hydrogens (tertiary/aromatic N) is 1. The maximum absolute atomic E-state index is 10.8. The van der Waals surface area contributed by atoms with Crippen molar-refractivity contribution < 1.29 is 14.4 Å². The van der Waals surface area contributed by atoms with Crippen molar-refractivity contribution in [2.45, 2.75) is 45.3 Å². The molecular weight excluding hydrogens is 448 g/mol. The number of ether oxygens (including phenoxy) is 2. The Morgan fingerprint density at radius 3 is 2.63 bits per heavy atom. The average molecular weight is 475 g/mol. The molecule has 3 rings (SSSR count). The normalized spacial score (nSPS) is 13.6. The highest BCUT2D eigenvalue weighted by atomic mass is 79.9. The summed E-state index contributed by atoms with van der Waals surface area (Å²) >= 11 is 3.63. The van der Waals surface area contributed by atoms with Crippen LogP contribution >= 0.6 is 15.9 Å². The van der Waals surface area contributed by atoms with Crippen molar-refractivity contribution >= 4 is 21.6 Å². The van der Waals surface area contributed by atoms with Gasteiger partial charge in [0.15, 0.2) is 11.5 Å². The molecule has 0 fully saturated rings. The maximum atomic E-state index is 10.8. The second-order valence-electron chi connectivity index (χ2n) is 7.30. The number of benzene rings is 2. The van der Waals surface area contributed by atoms with Crippen LogP contribution in [-0.2, 0) is 13.2 Å². The van der Waals surface area contributed by atoms with Crippen LogP contribution in [0.4, 0.5) is 5.69 Å². The van der Waals surface area contributed by atoms with Gasteiger partial charge in [-0.15, -0.1) is 0 Å². The lowest BCUT2D eigenvalue weighted by atomic mass is 9.97. The van der Waals surface area contributed by atoms with Crippen LogP contribution < -0.4 is 14.8 Å². The van der Waals surface area contributed by atoms with Gasteiger partial charge in [0, 0.05) is 28.7 Å². The molecule has 0 spiro atoms. The lowest BCUT2D eigenvalue weighted by Crippen LogP contribution is -2.17. The van der Waals surface area contributed by atoms with Gasteiger partial charge in [0.1, 0.15) is 6.61 Å². The van der Waals surface area contributed by atoms with Gasteiger partial charge in [0.05, 0.1) is 12.0 Å². The summed E-state index contributed by atoms with van der Waals surface area (Å²) < 4.78 is 12.6. The third-order valence-electron chi connectivity index (χ3n) is 5.23. The van der Waals surface area contributed by atoms with Crippen molar-refractivity contribution in [1.29, 1.82) is 0 Å². The van der Waals surface area contributed by atoms with Crippen molar-refractivity contribution in [3.05, 3.63) is 73.8 Å². The summed E-state index contributed by atoms with van der Waals surface area (Å²) in [6.45, 7) is 1.86. The lowest BCUT2D eigenvalue weighted by Gasteiger charge is -2.18. The van der Waals surface area contributed by atoms with E-state index >= 15 is 0 Å². The van der Waals surface area contributed by atoms with Crippen LogP contribution in [0.25, 0.3) is 0 Å². The van der Waals surface area contributed by atoms with E-state index in [9.17, 15) is 10.1 Å². The minimum Gasteiger partial charge on any atom is -0.493 e. The molecule has 0 saturated heterocycles. The fraction of sp³-hybridized carbons (Fsp3) is 0.391. The van der Waals surface area contributed by atoms with Crippen molar-refractivity contribution in [2.75, 3.05) is 13.7 Å². The molecule has 2 aromatic carbocycles. The molecule has 0 heterocycles. The zero-order chi connectivity index (χ0) is 21.3. The van der Waals surface area contributed by atoms with Crippen molar-refractivity contribution in [3.63, 3.8) is 0 Å². The van der Waals surface area contributed by atoms with Gasteiger partial charge in [-0.05, 0) is 68.5 Å². The Hall–Kier alpha value is -2.38. The predicted octanol–water partition coefficient (Wildman–Crippen LogP) is 5.93.